The lowest BCUT2D eigenvalue weighted by atomic mass is 10.1. The first-order chi connectivity index (χ1) is 12.7. The molecule has 1 aromatic heterocycles. The molecule has 0 saturated carbocycles. The third-order valence-electron chi connectivity index (χ3n) is 4.56. The van der Waals surface area contributed by atoms with Gasteiger partial charge in [0, 0.05) is 11.6 Å². The Hall–Kier alpha value is -2.30. The number of unbranched alkanes of at least 4 members (excludes halogenated alkanes) is 7. The predicted octanol–water partition coefficient (Wildman–Crippen LogP) is 5.55. The molecule has 26 heavy (non-hydrogen) atoms. The van der Waals surface area contributed by atoms with E-state index in [1.54, 1.807) is 30.5 Å². The molecule has 0 aliphatic rings. The van der Waals surface area contributed by atoms with E-state index in [0.29, 0.717) is 23.1 Å². The van der Waals surface area contributed by atoms with E-state index in [1.807, 2.05) is 0 Å². The molecule has 0 bridgehead atoms. The number of benzene rings is 1. The minimum atomic E-state index is -0.482. The summed E-state index contributed by atoms with van der Waals surface area (Å²) < 4.78 is 11.5. The normalized spacial score (nSPS) is 10.8. The van der Waals surface area contributed by atoms with Gasteiger partial charge in [-0.15, -0.1) is 0 Å². The summed E-state index contributed by atoms with van der Waals surface area (Å²) in [5, 5.41) is 0.693. The van der Waals surface area contributed by atoms with Gasteiger partial charge in [-0.1, -0.05) is 57.9 Å². The maximum atomic E-state index is 12.4. The number of carbonyl (C=O) groups is 2. The first-order valence-electron chi connectivity index (χ1n) is 9.54. The van der Waals surface area contributed by atoms with Crippen molar-refractivity contribution in [3.05, 3.63) is 36.0 Å². The van der Waals surface area contributed by atoms with Crippen molar-refractivity contribution in [1.29, 1.82) is 0 Å². The summed E-state index contributed by atoms with van der Waals surface area (Å²) >= 11 is 0. The number of carbonyl (C=O) groups excluding carboxylic acids is 2. The molecule has 0 aliphatic heterocycles. The first-order valence-corrected chi connectivity index (χ1v) is 9.54. The average molecular weight is 359 g/mol. The highest BCUT2D eigenvalue weighted by molar-refractivity contribution is 6.05. The SMILES string of the molecule is CCCCCCCCCCOC(=O)c1cccc2c1ccn2C(=O)OC. The Kier molecular flexibility index (Phi) is 8.19. The van der Waals surface area contributed by atoms with Crippen LogP contribution in [0.4, 0.5) is 4.79 Å². The van der Waals surface area contributed by atoms with Crippen LogP contribution in [0.1, 0.15) is 68.6 Å². The van der Waals surface area contributed by atoms with Gasteiger partial charge < -0.3 is 9.47 Å². The minimum absolute atomic E-state index is 0.346. The molecule has 0 fully saturated rings. The highest BCUT2D eigenvalue weighted by atomic mass is 16.5. The summed E-state index contributed by atoms with van der Waals surface area (Å²) in [6, 6.07) is 6.98. The molecule has 0 unspecified atom stereocenters. The maximum Gasteiger partial charge on any atom is 0.418 e. The summed E-state index contributed by atoms with van der Waals surface area (Å²) in [6.45, 7) is 2.65. The van der Waals surface area contributed by atoms with E-state index < -0.39 is 6.09 Å². The van der Waals surface area contributed by atoms with Crippen LogP contribution in [0.15, 0.2) is 30.5 Å². The molecule has 0 aliphatic carbocycles. The Morgan fingerprint density at radius 1 is 0.962 bits per heavy atom. The van der Waals surface area contributed by atoms with Gasteiger partial charge in [-0.3, -0.25) is 4.57 Å². The van der Waals surface area contributed by atoms with E-state index in [0.717, 1.165) is 12.8 Å². The highest BCUT2D eigenvalue weighted by Crippen LogP contribution is 2.21. The Morgan fingerprint density at radius 3 is 2.35 bits per heavy atom. The molecule has 2 rings (SSSR count). The molecule has 0 atom stereocenters. The summed E-state index contributed by atoms with van der Waals surface area (Å²) in [5.41, 5.74) is 1.11. The van der Waals surface area contributed by atoms with E-state index in [2.05, 4.69) is 6.92 Å². The molecule has 0 radical (unpaired) electrons. The number of nitrogens with zero attached hydrogens (tertiary/aromatic N) is 1. The van der Waals surface area contributed by atoms with Crippen molar-refractivity contribution in [1.82, 2.24) is 4.57 Å². The molecule has 0 amide bonds. The lowest BCUT2D eigenvalue weighted by Gasteiger charge is -2.07. The van der Waals surface area contributed by atoms with Gasteiger partial charge in [-0.2, -0.15) is 0 Å². The van der Waals surface area contributed by atoms with E-state index in [4.69, 9.17) is 9.47 Å². The number of methoxy groups -OCH3 is 1. The van der Waals surface area contributed by atoms with Crippen molar-refractivity contribution in [3.8, 4) is 0 Å². The fourth-order valence-electron chi connectivity index (χ4n) is 3.08. The van der Waals surface area contributed by atoms with Gasteiger partial charge in [0.2, 0.25) is 0 Å². The molecule has 5 nitrogen and oxygen atoms in total. The van der Waals surface area contributed by atoms with Gasteiger partial charge in [-0.25, -0.2) is 9.59 Å². The molecule has 5 heteroatoms. The van der Waals surface area contributed by atoms with Crippen molar-refractivity contribution in [2.45, 2.75) is 58.3 Å². The predicted molar refractivity (Wildman–Crippen MR) is 103 cm³/mol. The third kappa shape index (κ3) is 5.35. The van der Waals surface area contributed by atoms with Crippen LogP contribution in [0.25, 0.3) is 10.9 Å². The molecule has 1 heterocycles. The Bertz CT molecular complexity index is 720. The molecule has 0 spiro atoms. The number of rotatable bonds is 10. The molecule has 2 aromatic rings. The van der Waals surface area contributed by atoms with Crippen LogP contribution in [0.3, 0.4) is 0 Å². The number of esters is 1. The van der Waals surface area contributed by atoms with Gasteiger partial charge in [0.15, 0.2) is 0 Å². The van der Waals surface area contributed by atoms with Gasteiger partial charge in [-0.05, 0) is 24.6 Å². The second-order valence-electron chi connectivity index (χ2n) is 6.50. The smallest absolute Gasteiger partial charge is 0.418 e. The van der Waals surface area contributed by atoms with Crippen molar-refractivity contribution >= 4 is 23.0 Å². The maximum absolute atomic E-state index is 12.4. The second kappa shape index (κ2) is 10.6. The fraction of sp³-hybridized carbons (Fsp3) is 0.524. The summed E-state index contributed by atoms with van der Waals surface area (Å²) in [5.74, 6) is -0.346. The van der Waals surface area contributed by atoms with Crippen molar-refractivity contribution in [3.63, 3.8) is 0 Å². The van der Waals surface area contributed by atoms with Crippen LogP contribution in [0.2, 0.25) is 0 Å². The molecule has 0 N–H and O–H groups in total. The van der Waals surface area contributed by atoms with Gasteiger partial charge in [0.05, 0.1) is 24.8 Å². The average Bonchev–Trinajstić information content (AvgIpc) is 3.10. The zero-order valence-corrected chi connectivity index (χ0v) is 15.8. The largest absolute Gasteiger partial charge is 0.462 e. The first kappa shape index (κ1) is 20.0. The zero-order chi connectivity index (χ0) is 18.8. The van der Waals surface area contributed by atoms with Crippen LogP contribution in [-0.4, -0.2) is 30.3 Å². The molecule has 1 aromatic carbocycles. The van der Waals surface area contributed by atoms with Crippen LogP contribution in [0.5, 0.6) is 0 Å². The standard InChI is InChI=1S/C21H29NO4/c1-3-4-5-6-7-8-9-10-16-26-20(23)18-12-11-13-19-17(18)14-15-22(19)21(24)25-2/h11-15H,3-10,16H2,1-2H3. The van der Waals surface area contributed by atoms with E-state index in [9.17, 15) is 9.59 Å². The van der Waals surface area contributed by atoms with Crippen LogP contribution in [0, 0.1) is 0 Å². The monoisotopic (exact) mass is 359 g/mol. The van der Waals surface area contributed by atoms with Crippen LogP contribution >= 0.6 is 0 Å². The minimum Gasteiger partial charge on any atom is -0.462 e. The van der Waals surface area contributed by atoms with Crippen molar-refractivity contribution < 1.29 is 19.1 Å². The molecular formula is C21H29NO4. The number of hydrogen-bond acceptors (Lipinski definition) is 4. The fourth-order valence-corrected chi connectivity index (χ4v) is 3.08. The second-order valence-corrected chi connectivity index (χ2v) is 6.50. The van der Waals surface area contributed by atoms with Crippen LogP contribution < -0.4 is 0 Å². The number of ether oxygens (including phenoxy) is 2. The Labute approximate surface area is 155 Å². The third-order valence-corrected chi connectivity index (χ3v) is 4.56. The lowest BCUT2D eigenvalue weighted by molar-refractivity contribution is 0.0500. The lowest BCUT2D eigenvalue weighted by Crippen LogP contribution is -2.10. The summed E-state index contributed by atoms with van der Waals surface area (Å²) in [7, 11) is 1.33. The summed E-state index contributed by atoms with van der Waals surface area (Å²) in [6.07, 6.45) is 10.8. The van der Waals surface area contributed by atoms with Gasteiger partial charge in [0.25, 0.3) is 0 Å². The highest BCUT2D eigenvalue weighted by Gasteiger charge is 2.16. The van der Waals surface area contributed by atoms with Gasteiger partial charge in [0.1, 0.15) is 0 Å². The number of hydrogen-bond donors (Lipinski definition) is 0. The molecule has 0 saturated heterocycles. The zero-order valence-electron chi connectivity index (χ0n) is 15.8. The Morgan fingerprint density at radius 2 is 1.65 bits per heavy atom. The van der Waals surface area contributed by atoms with Crippen molar-refractivity contribution in [2.75, 3.05) is 13.7 Å². The molecular weight excluding hydrogens is 330 g/mol. The van der Waals surface area contributed by atoms with E-state index in [1.165, 1.54) is 50.2 Å². The van der Waals surface area contributed by atoms with Crippen LogP contribution in [-0.2, 0) is 9.47 Å². The van der Waals surface area contributed by atoms with E-state index in [-0.39, 0.29) is 5.97 Å². The van der Waals surface area contributed by atoms with E-state index >= 15 is 0 Å². The number of fused-ring (bicyclic) bond motifs is 1. The number of aromatic nitrogens is 1. The van der Waals surface area contributed by atoms with Crippen molar-refractivity contribution in [2.24, 2.45) is 0 Å². The summed E-state index contributed by atoms with van der Waals surface area (Å²) in [4.78, 5) is 24.1. The topological polar surface area (TPSA) is 57.5 Å². The quantitative estimate of drug-likeness (QED) is 0.412. The van der Waals surface area contributed by atoms with Gasteiger partial charge >= 0.3 is 12.1 Å². The molecule has 142 valence electrons. The Balaban J connectivity index is 1.81.